The molecule has 1 aliphatic carbocycles. The number of thiophene rings is 2. The Morgan fingerprint density at radius 2 is 1.24 bits per heavy atom. The predicted molar refractivity (Wildman–Crippen MR) is 219 cm³/mol. The topological polar surface area (TPSA) is 12.5 Å². The molecular formula is C46H39N3S2. The molecule has 7 aromatic rings. The van der Waals surface area contributed by atoms with Gasteiger partial charge < -0.3 is 9.47 Å². The lowest BCUT2D eigenvalue weighted by Crippen LogP contribution is -2.23. The van der Waals surface area contributed by atoms with E-state index in [0.717, 1.165) is 29.1 Å². The fourth-order valence-electron chi connectivity index (χ4n) is 7.83. The van der Waals surface area contributed by atoms with E-state index in [-0.39, 0.29) is 5.41 Å². The van der Waals surface area contributed by atoms with Crippen molar-refractivity contribution in [2.45, 2.75) is 39.0 Å². The molecule has 3 nitrogen and oxygen atoms in total. The van der Waals surface area contributed by atoms with Gasteiger partial charge >= 0.3 is 0 Å². The van der Waals surface area contributed by atoms with Crippen molar-refractivity contribution in [2.24, 2.45) is 7.05 Å². The quantitative estimate of drug-likeness (QED) is 0.137. The maximum absolute atomic E-state index is 7.26. The van der Waals surface area contributed by atoms with Crippen LogP contribution in [0.5, 0.6) is 0 Å². The number of hydrogen-bond acceptors (Lipinski definition) is 3. The summed E-state index contributed by atoms with van der Waals surface area (Å²) in [5, 5.41) is 0. The van der Waals surface area contributed by atoms with Crippen molar-refractivity contribution in [3.8, 4) is 42.7 Å². The molecule has 0 radical (unpaired) electrons. The number of para-hydroxylation sites is 2. The highest BCUT2D eigenvalue weighted by molar-refractivity contribution is 7.18. The van der Waals surface area contributed by atoms with Crippen LogP contribution in [0, 0.1) is 6.57 Å². The van der Waals surface area contributed by atoms with Gasteiger partial charge in [-0.25, -0.2) is 4.85 Å². The molecule has 3 heterocycles. The molecular weight excluding hydrogens is 659 g/mol. The first kappa shape index (κ1) is 32.8. The standard InChI is InChI=1S/C46H39N3S2/c1-6-46(7-2)39-29-32(43-26-27-45(51-43)42-24-23-41(48(42)5)44-25-20-36(50-44)28-31(3)47-4)18-21-37(39)38-22-19-35(30-40(38)46)49(33-14-10-8-11-15-33)34-16-12-9-13-17-34/h8-30H,6-7H2,1-3,5H3/b31-28-. The van der Waals surface area contributed by atoms with E-state index in [4.69, 9.17) is 6.57 Å². The second kappa shape index (κ2) is 13.4. The van der Waals surface area contributed by atoms with Crippen LogP contribution >= 0.6 is 22.7 Å². The Hall–Kier alpha value is -5.41. The third kappa shape index (κ3) is 5.66. The molecule has 4 aromatic carbocycles. The van der Waals surface area contributed by atoms with Crippen molar-refractivity contribution in [3.05, 3.63) is 167 Å². The average Bonchev–Trinajstić information content (AvgIpc) is 3.97. The van der Waals surface area contributed by atoms with E-state index in [1.165, 1.54) is 59.5 Å². The summed E-state index contributed by atoms with van der Waals surface area (Å²) in [6.07, 6.45) is 4.03. The summed E-state index contributed by atoms with van der Waals surface area (Å²) in [6.45, 7) is 13.8. The molecule has 250 valence electrons. The van der Waals surface area contributed by atoms with Crippen molar-refractivity contribution in [3.63, 3.8) is 0 Å². The van der Waals surface area contributed by atoms with Gasteiger partial charge in [-0.2, -0.15) is 0 Å². The summed E-state index contributed by atoms with van der Waals surface area (Å²) in [5.41, 5.74) is 13.4. The molecule has 51 heavy (non-hydrogen) atoms. The smallest absolute Gasteiger partial charge is 0.163 e. The summed E-state index contributed by atoms with van der Waals surface area (Å²) in [5.74, 6) is 0. The average molecular weight is 698 g/mol. The maximum atomic E-state index is 7.26. The summed E-state index contributed by atoms with van der Waals surface area (Å²) in [6, 6.07) is 48.9. The number of hydrogen-bond donors (Lipinski definition) is 0. The summed E-state index contributed by atoms with van der Waals surface area (Å²) in [7, 11) is 2.15. The van der Waals surface area contributed by atoms with Gasteiger partial charge in [0, 0.05) is 39.3 Å². The normalized spacial score (nSPS) is 13.1. The lowest BCUT2D eigenvalue weighted by atomic mass is 9.73. The fraction of sp³-hybridized carbons (Fsp3) is 0.152. The van der Waals surface area contributed by atoms with Crippen LogP contribution in [0.4, 0.5) is 17.1 Å². The van der Waals surface area contributed by atoms with E-state index in [9.17, 15) is 0 Å². The van der Waals surface area contributed by atoms with E-state index >= 15 is 0 Å². The molecule has 0 atom stereocenters. The molecule has 0 fully saturated rings. The molecule has 0 N–H and O–H groups in total. The van der Waals surface area contributed by atoms with E-state index in [0.29, 0.717) is 5.70 Å². The Kier molecular flexibility index (Phi) is 8.60. The van der Waals surface area contributed by atoms with Gasteiger partial charge in [0.25, 0.3) is 0 Å². The first-order valence-electron chi connectivity index (χ1n) is 17.6. The minimum Gasteiger partial charge on any atom is -0.342 e. The number of aromatic nitrogens is 1. The van der Waals surface area contributed by atoms with Gasteiger partial charge in [-0.05, 0) is 133 Å². The minimum absolute atomic E-state index is 0.0646. The van der Waals surface area contributed by atoms with Gasteiger partial charge in [-0.15, -0.1) is 22.7 Å². The SMILES string of the molecule is [C-]#[N+]/C(C)=C\c1ccc(-c2ccc(-c3ccc(-c4ccc5c(c4)C(CC)(CC)c4cc(N(c6ccccc6)c6ccccc6)ccc4-5)s3)n2C)s1. The van der Waals surface area contributed by atoms with Crippen molar-refractivity contribution >= 4 is 45.8 Å². The summed E-state index contributed by atoms with van der Waals surface area (Å²) in [4.78, 5) is 10.8. The minimum atomic E-state index is -0.0646. The molecule has 0 saturated heterocycles. The second-order valence-corrected chi connectivity index (χ2v) is 15.4. The van der Waals surface area contributed by atoms with E-state index in [2.05, 4.69) is 169 Å². The zero-order valence-electron chi connectivity index (χ0n) is 29.4. The maximum Gasteiger partial charge on any atom is 0.163 e. The first-order valence-corrected chi connectivity index (χ1v) is 19.2. The lowest BCUT2D eigenvalue weighted by Gasteiger charge is -2.32. The summed E-state index contributed by atoms with van der Waals surface area (Å²) < 4.78 is 2.29. The molecule has 8 rings (SSSR count). The number of rotatable bonds is 9. The van der Waals surface area contributed by atoms with Gasteiger partial charge in [-0.1, -0.05) is 68.4 Å². The molecule has 0 amide bonds. The van der Waals surface area contributed by atoms with Crippen LogP contribution in [-0.2, 0) is 12.5 Å². The third-order valence-electron chi connectivity index (χ3n) is 10.5. The van der Waals surface area contributed by atoms with Crippen LogP contribution in [0.1, 0.15) is 49.6 Å². The Morgan fingerprint density at radius 1 is 0.667 bits per heavy atom. The van der Waals surface area contributed by atoms with Crippen molar-refractivity contribution in [1.29, 1.82) is 0 Å². The number of allylic oxidation sites excluding steroid dienone is 1. The van der Waals surface area contributed by atoms with Crippen LogP contribution in [0.15, 0.2) is 139 Å². The molecule has 0 unspecified atom stereocenters. The zero-order valence-corrected chi connectivity index (χ0v) is 31.0. The van der Waals surface area contributed by atoms with Crippen LogP contribution < -0.4 is 4.90 Å². The van der Waals surface area contributed by atoms with Gasteiger partial charge in [0.1, 0.15) is 0 Å². The van der Waals surface area contributed by atoms with Crippen LogP contribution in [-0.4, -0.2) is 4.57 Å². The molecule has 0 aliphatic heterocycles. The van der Waals surface area contributed by atoms with Crippen molar-refractivity contribution in [2.75, 3.05) is 4.90 Å². The molecule has 0 spiro atoms. The highest BCUT2D eigenvalue weighted by Gasteiger charge is 2.41. The molecule has 0 saturated carbocycles. The molecule has 1 aliphatic rings. The van der Waals surface area contributed by atoms with E-state index in [1.807, 2.05) is 24.3 Å². The van der Waals surface area contributed by atoms with Crippen molar-refractivity contribution in [1.82, 2.24) is 4.57 Å². The Morgan fingerprint density at radius 3 is 1.86 bits per heavy atom. The second-order valence-electron chi connectivity index (χ2n) is 13.2. The molecule has 0 bridgehead atoms. The Labute approximate surface area is 309 Å². The third-order valence-corrected chi connectivity index (χ3v) is 12.7. The molecule has 3 aromatic heterocycles. The van der Waals surface area contributed by atoms with Gasteiger partial charge in [-0.3, -0.25) is 0 Å². The molecule has 5 heteroatoms. The number of benzene rings is 4. The van der Waals surface area contributed by atoms with Gasteiger partial charge in [0.15, 0.2) is 5.70 Å². The van der Waals surface area contributed by atoms with E-state index in [1.54, 1.807) is 11.3 Å². The highest BCUT2D eigenvalue weighted by atomic mass is 32.1. The van der Waals surface area contributed by atoms with Crippen molar-refractivity contribution < 1.29 is 0 Å². The zero-order chi connectivity index (χ0) is 35.1. The lowest BCUT2D eigenvalue weighted by molar-refractivity contribution is 0.490. The van der Waals surface area contributed by atoms with Gasteiger partial charge in [0.05, 0.1) is 27.7 Å². The van der Waals surface area contributed by atoms with Crippen LogP contribution in [0.2, 0.25) is 0 Å². The Bertz CT molecular complexity index is 2390. The number of nitrogens with zero attached hydrogens (tertiary/aromatic N) is 3. The van der Waals surface area contributed by atoms with Crippen LogP contribution in [0.25, 0.3) is 53.6 Å². The highest BCUT2D eigenvalue weighted by Crippen LogP contribution is 2.55. The van der Waals surface area contributed by atoms with Crippen LogP contribution in [0.3, 0.4) is 0 Å². The van der Waals surface area contributed by atoms with Gasteiger partial charge in [0.2, 0.25) is 0 Å². The largest absolute Gasteiger partial charge is 0.342 e. The van der Waals surface area contributed by atoms with E-state index < -0.39 is 0 Å². The first-order chi connectivity index (χ1) is 24.9. The monoisotopic (exact) mass is 697 g/mol. The predicted octanol–water partition coefficient (Wildman–Crippen LogP) is 14.0. The Balaban J connectivity index is 1.14. The summed E-state index contributed by atoms with van der Waals surface area (Å²) >= 11 is 3.58. The number of anilines is 3. The number of fused-ring (bicyclic) bond motifs is 3. The fourth-order valence-corrected chi connectivity index (χ4v) is 9.96.